The quantitative estimate of drug-likeness (QED) is 0.720. The molecule has 0 amide bonds. The Kier molecular flexibility index (Phi) is 2.59. The van der Waals surface area contributed by atoms with Crippen LogP contribution < -0.4 is 0 Å². The summed E-state index contributed by atoms with van der Waals surface area (Å²) in [6.07, 6.45) is 2.73. The van der Waals surface area contributed by atoms with Gasteiger partial charge in [-0.1, -0.05) is 30.3 Å². The zero-order chi connectivity index (χ0) is 12.4. The average molecular weight is 232 g/mol. The van der Waals surface area contributed by atoms with Gasteiger partial charge < -0.3 is 4.98 Å². The molecule has 0 spiro atoms. The highest BCUT2D eigenvalue weighted by atomic mass is 14.7. The third kappa shape index (κ3) is 1.87. The normalized spacial score (nSPS) is 10.4. The topological polar surface area (TPSA) is 39.6 Å². The first kappa shape index (κ1) is 10.6. The Labute approximate surface area is 106 Å². The minimum Gasteiger partial charge on any atom is -0.361 e. The van der Waals surface area contributed by atoms with Crippen molar-refractivity contribution in [3.8, 4) is 6.07 Å². The van der Waals surface area contributed by atoms with Gasteiger partial charge in [-0.05, 0) is 41.1 Å². The number of nitrogens with zero attached hydrogens (tertiary/aromatic N) is 1. The smallest absolute Gasteiger partial charge is 0.0994 e. The van der Waals surface area contributed by atoms with Crippen molar-refractivity contribution >= 4 is 10.9 Å². The molecule has 3 aromatic rings. The van der Waals surface area contributed by atoms with E-state index in [0.29, 0.717) is 0 Å². The van der Waals surface area contributed by atoms with Crippen LogP contribution in [-0.2, 0) is 6.42 Å². The molecule has 2 aromatic carbocycles. The van der Waals surface area contributed by atoms with Crippen molar-refractivity contribution in [2.24, 2.45) is 0 Å². The molecule has 0 aliphatic heterocycles. The van der Waals surface area contributed by atoms with Crippen LogP contribution in [0.1, 0.15) is 16.7 Å². The molecule has 0 saturated carbocycles. The second kappa shape index (κ2) is 4.38. The van der Waals surface area contributed by atoms with E-state index >= 15 is 0 Å². The molecule has 1 heterocycles. The number of H-pyrrole nitrogens is 1. The molecule has 0 bridgehead atoms. The van der Waals surface area contributed by atoms with Gasteiger partial charge in [0.15, 0.2) is 0 Å². The Hall–Kier alpha value is -2.53. The first-order valence-corrected chi connectivity index (χ1v) is 5.91. The van der Waals surface area contributed by atoms with E-state index in [2.05, 4.69) is 35.3 Å². The van der Waals surface area contributed by atoms with Gasteiger partial charge in [0.2, 0.25) is 0 Å². The van der Waals surface area contributed by atoms with E-state index < -0.39 is 0 Å². The summed E-state index contributed by atoms with van der Waals surface area (Å²) in [6.45, 7) is 0. The third-order valence-electron chi connectivity index (χ3n) is 3.15. The van der Waals surface area contributed by atoms with Gasteiger partial charge >= 0.3 is 0 Å². The molecular formula is C16H12N2. The fourth-order valence-electron chi connectivity index (χ4n) is 2.21. The minimum atomic E-state index is 0.754. The standard InChI is InChI=1S/C16H12N2/c17-11-15-4-2-1-3-14(15)9-12-5-6-13-7-8-18-16(13)10-12/h1-8,10,18H,9H2. The number of hydrogen-bond donors (Lipinski definition) is 1. The average Bonchev–Trinajstić information content (AvgIpc) is 2.87. The lowest BCUT2D eigenvalue weighted by Crippen LogP contribution is -1.92. The molecule has 0 atom stereocenters. The summed E-state index contributed by atoms with van der Waals surface area (Å²) >= 11 is 0. The van der Waals surface area contributed by atoms with Crippen LogP contribution in [0.3, 0.4) is 0 Å². The molecule has 0 fully saturated rings. The second-order valence-corrected chi connectivity index (χ2v) is 4.35. The lowest BCUT2D eigenvalue weighted by Gasteiger charge is -2.04. The van der Waals surface area contributed by atoms with Crippen molar-refractivity contribution in [2.75, 3.05) is 0 Å². The van der Waals surface area contributed by atoms with E-state index in [1.54, 1.807) is 0 Å². The first-order chi connectivity index (χ1) is 8.86. The summed E-state index contributed by atoms with van der Waals surface area (Å²) in [5.41, 5.74) is 4.18. The Morgan fingerprint density at radius 3 is 2.83 bits per heavy atom. The molecule has 0 radical (unpaired) electrons. The molecule has 1 aromatic heterocycles. The summed E-state index contributed by atoms with van der Waals surface area (Å²) in [5, 5.41) is 10.3. The van der Waals surface area contributed by atoms with Crippen LogP contribution in [0.25, 0.3) is 10.9 Å². The van der Waals surface area contributed by atoms with Crippen LogP contribution in [0.15, 0.2) is 54.7 Å². The van der Waals surface area contributed by atoms with Gasteiger partial charge in [-0.25, -0.2) is 0 Å². The predicted octanol–water partition coefficient (Wildman–Crippen LogP) is 3.63. The van der Waals surface area contributed by atoms with Crippen molar-refractivity contribution in [3.05, 3.63) is 71.4 Å². The Balaban J connectivity index is 1.98. The number of aromatic amines is 1. The second-order valence-electron chi connectivity index (χ2n) is 4.35. The van der Waals surface area contributed by atoms with E-state index in [4.69, 9.17) is 5.26 Å². The maximum atomic E-state index is 9.08. The lowest BCUT2D eigenvalue weighted by molar-refractivity contribution is 1.18. The summed E-state index contributed by atoms with van der Waals surface area (Å²) in [5.74, 6) is 0. The van der Waals surface area contributed by atoms with Crippen molar-refractivity contribution < 1.29 is 0 Å². The highest BCUT2D eigenvalue weighted by Crippen LogP contribution is 2.18. The van der Waals surface area contributed by atoms with Crippen LogP contribution in [0.5, 0.6) is 0 Å². The highest BCUT2D eigenvalue weighted by Gasteiger charge is 2.03. The molecule has 0 aliphatic carbocycles. The fourth-order valence-corrected chi connectivity index (χ4v) is 2.21. The van der Waals surface area contributed by atoms with Gasteiger partial charge in [0.1, 0.15) is 0 Å². The molecular weight excluding hydrogens is 220 g/mol. The van der Waals surface area contributed by atoms with E-state index in [9.17, 15) is 0 Å². The van der Waals surface area contributed by atoms with Gasteiger partial charge in [0.25, 0.3) is 0 Å². The fraction of sp³-hybridized carbons (Fsp3) is 0.0625. The number of fused-ring (bicyclic) bond motifs is 1. The van der Waals surface area contributed by atoms with Gasteiger partial charge in [-0.15, -0.1) is 0 Å². The number of hydrogen-bond acceptors (Lipinski definition) is 1. The van der Waals surface area contributed by atoms with Gasteiger partial charge in [-0.2, -0.15) is 5.26 Å². The lowest BCUT2D eigenvalue weighted by atomic mass is 10.00. The molecule has 2 heteroatoms. The summed E-state index contributed by atoms with van der Waals surface area (Å²) < 4.78 is 0. The molecule has 18 heavy (non-hydrogen) atoms. The Morgan fingerprint density at radius 2 is 1.94 bits per heavy atom. The summed E-state index contributed by atoms with van der Waals surface area (Å²) in [4.78, 5) is 3.21. The maximum absolute atomic E-state index is 9.08. The van der Waals surface area contributed by atoms with Crippen molar-refractivity contribution in [1.29, 1.82) is 5.26 Å². The Bertz CT molecular complexity index is 732. The first-order valence-electron chi connectivity index (χ1n) is 5.91. The minimum absolute atomic E-state index is 0.754. The molecule has 0 unspecified atom stereocenters. The highest BCUT2D eigenvalue weighted by molar-refractivity contribution is 5.79. The van der Waals surface area contributed by atoms with E-state index in [1.807, 2.05) is 30.5 Å². The number of benzene rings is 2. The van der Waals surface area contributed by atoms with Crippen molar-refractivity contribution in [2.45, 2.75) is 6.42 Å². The zero-order valence-corrected chi connectivity index (χ0v) is 9.85. The maximum Gasteiger partial charge on any atom is 0.0994 e. The van der Waals surface area contributed by atoms with E-state index in [-0.39, 0.29) is 0 Å². The number of rotatable bonds is 2. The zero-order valence-electron chi connectivity index (χ0n) is 9.85. The van der Waals surface area contributed by atoms with Crippen LogP contribution in [-0.4, -0.2) is 4.98 Å². The molecule has 2 nitrogen and oxygen atoms in total. The van der Waals surface area contributed by atoms with Crippen LogP contribution in [0.2, 0.25) is 0 Å². The van der Waals surface area contributed by atoms with Gasteiger partial charge in [0.05, 0.1) is 11.6 Å². The summed E-state index contributed by atoms with van der Waals surface area (Å²) in [6, 6.07) is 18.4. The molecule has 3 rings (SSSR count). The number of nitriles is 1. The largest absolute Gasteiger partial charge is 0.361 e. The molecule has 1 N–H and O–H groups in total. The van der Waals surface area contributed by atoms with Crippen molar-refractivity contribution in [3.63, 3.8) is 0 Å². The van der Waals surface area contributed by atoms with Crippen LogP contribution >= 0.6 is 0 Å². The van der Waals surface area contributed by atoms with E-state index in [1.165, 1.54) is 10.9 Å². The number of aromatic nitrogens is 1. The third-order valence-corrected chi connectivity index (χ3v) is 3.15. The van der Waals surface area contributed by atoms with Gasteiger partial charge in [0, 0.05) is 11.7 Å². The number of nitrogens with one attached hydrogen (secondary N) is 1. The monoisotopic (exact) mass is 232 g/mol. The van der Waals surface area contributed by atoms with Gasteiger partial charge in [-0.3, -0.25) is 0 Å². The summed E-state index contributed by atoms with van der Waals surface area (Å²) in [7, 11) is 0. The SMILES string of the molecule is N#Cc1ccccc1Cc1ccc2cc[nH]c2c1. The molecule has 86 valence electrons. The van der Waals surface area contributed by atoms with Crippen molar-refractivity contribution in [1.82, 2.24) is 4.98 Å². The Morgan fingerprint density at radius 1 is 1.06 bits per heavy atom. The molecule has 0 saturated heterocycles. The molecule has 0 aliphatic rings. The predicted molar refractivity (Wildman–Crippen MR) is 72.3 cm³/mol. The van der Waals surface area contributed by atoms with Crippen LogP contribution in [0, 0.1) is 11.3 Å². The van der Waals surface area contributed by atoms with Crippen LogP contribution in [0.4, 0.5) is 0 Å². The van der Waals surface area contributed by atoms with E-state index in [0.717, 1.165) is 23.1 Å².